The van der Waals surface area contributed by atoms with Crippen LogP contribution >= 0.6 is 0 Å². The Balaban J connectivity index is 1.91. The number of nitrogen functional groups attached to an aromatic ring is 2. The molecule has 0 aliphatic carbocycles. The Morgan fingerprint density at radius 1 is 0.567 bits per heavy atom. The van der Waals surface area contributed by atoms with Crippen LogP contribution in [0.3, 0.4) is 0 Å². The molecule has 3 nitrogen and oxygen atoms in total. The van der Waals surface area contributed by atoms with E-state index in [0.29, 0.717) is 0 Å². The van der Waals surface area contributed by atoms with Crippen LogP contribution < -0.4 is 16.2 Å². The second kappa shape index (κ2) is 6.01. The van der Waals surface area contributed by atoms with Crippen molar-refractivity contribution in [2.75, 3.05) is 18.6 Å². The van der Waals surface area contributed by atoms with Crippen molar-refractivity contribution in [3.63, 3.8) is 0 Å². The third kappa shape index (κ3) is 2.15. The minimum atomic E-state index is 0.785. The van der Waals surface area contributed by atoms with E-state index in [2.05, 4.69) is 60.7 Å². The Hall–Kier alpha value is -3.98. The molecule has 0 amide bonds. The molecule has 0 spiro atoms. The van der Waals surface area contributed by atoms with Gasteiger partial charge < -0.3 is 16.2 Å². The van der Waals surface area contributed by atoms with E-state index < -0.39 is 0 Å². The van der Waals surface area contributed by atoms with Crippen molar-refractivity contribution in [2.24, 2.45) is 0 Å². The third-order valence-electron chi connectivity index (χ3n) is 6.23. The van der Waals surface area contributed by atoms with Crippen LogP contribution in [0, 0.1) is 0 Å². The molecule has 0 fully saturated rings. The van der Waals surface area contributed by atoms with Crippen molar-refractivity contribution in [3.05, 3.63) is 78.9 Å². The molecule has 3 heteroatoms. The minimum absolute atomic E-state index is 0.785. The fourth-order valence-corrected chi connectivity index (χ4v) is 4.87. The summed E-state index contributed by atoms with van der Waals surface area (Å²) in [5, 5.41) is 9.40. The van der Waals surface area contributed by atoms with E-state index in [1.807, 2.05) is 18.2 Å². The fraction of sp³-hybridized carbons (Fsp3) is 0.0370. The van der Waals surface area contributed by atoms with E-state index in [1.165, 1.54) is 32.3 Å². The Morgan fingerprint density at radius 2 is 1.20 bits per heavy atom. The van der Waals surface area contributed by atoms with Crippen molar-refractivity contribution in [2.45, 2.75) is 0 Å². The zero-order chi connectivity index (χ0) is 20.4. The Morgan fingerprint density at radius 3 is 1.90 bits per heavy atom. The monoisotopic (exact) mass is 388 g/mol. The third-order valence-corrected chi connectivity index (χ3v) is 6.23. The summed E-state index contributed by atoms with van der Waals surface area (Å²) in [6.45, 7) is 0. The zero-order valence-electron chi connectivity index (χ0n) is 16.6. The SMILES string of the molecule is COc1ccc(-c2cc(N)c3cccc4c5cccc6c(N)ccc(c2c34)c65)cc1. The van der Waals surface area contributed by atoms with Gasteiger partial charge in [-0.05, 0) is 62.3 Å². The summed E-state index contributed by atoms with van der Waals surface area (Å²) in [6.07, 6.45) is 0. The highest BCUT2D eigenvalue weighted by Gasteiger charge is 2.18. The van der Waals surface area contributed by atoms with Crippen LogP contribution in [0.15, 0.2) is 78.9 Å². The first-order chi connectivity index (χ1) is 14.7. The van der Waals surface area contributed by atoms with E-state index in [9.17, 15) is 0 Å². The van der Waals surface area contributed by atoms with Crippen molar-refractivity contribution >= 4 is 54.5 Å². The lowest BCUT2D eigenvalue weighted by molar-refractivity contribution is 0.415. The van der Waals surface area contributed by atoms with Crippen LogP contribution in [-0.4, -0.2) is 7.11 Å². The number of fused-ring (bicyclic) bond motifs is 2. The van der Waals surface area contributed by atoms with Gasteiger partial charge in [-0.3, -0.25) is 0 Å². The molecule has 0 unspecified atom stereocenters. The normalized spacial score (nSPS) is 11.8. The van der Waals surface area contributed by atoms with Gasteiger partial charge in [0.05, 0.1) is 7.11 Å². The lowest BCUT2D eigenvalue weighted by Gasteiger charge is -2.19. The molecular weight excluding hydrogens is 368 g/mol. The molecule has 0 atom stereocenters. The predicted molar refractivity (Wildman–Crippen MR) is 128 cm³/mol. The molecule has 0 aromatic heterocycles. The van der Waals surface area contributed by atoms with Crippen LogP contribution in [0.2, 0.25) is 0 Å². The van der Waals surface area contributed by atoms with E-state index in [-0.39, 0.29) is 0 Å². The molecule has 0 radical (unpaired) electrons. The molecule has 0 saturated carbocycles. The van der Waals surface area contributed by atoms with Gasteiger partial charge in [-0.25, -0.2) is 0 Å². The summed E-state index contributed by atoms with van der Waals surface area (Å²) in [4.78, 5) is 0. The van der Waals surface area contributed by atoms with Crippen LogP contribution in [0.25, 0.3) is 54.2 Å². The lowest BCUT2D eigenvalue weighted by atomic mass is 9.85. The highest BCUT2D eigenvalue weighted by molar-refractivity contribution is 6.37. The second-order valence-corrected chi connectivity index (χ2v) is 7.78. The molecule has 30 heavy (non-hydrogen) atoms. The van der Waals surface area contributed by atoms with Gasteiger partial charge in [0, 0.05) is 27.5 Å². The minimum Gasteiger partial charge on any atom is -0.497 e. The van der Waals surface area contributed by atoms with E-state index in [0.717, 1.165) is 39.0 Å². The summed E-state index contributed by atoms with van der Waals surface area (Å²) >= 11 is 0. The number of rotatable bonds is 2. The summed E-state index contributed by atoms with van der Waals surface area (Å²) in [5.74, 6) is 0.835. The summed E-state index contributed by atoms with van der Waals surface area (Å²) < 4.78 is 5.35. The number of ether oxygens (including phenoxy) is 1. The first kappa shape index (κ1) is 16.9. The molecule has 0 bridgehead atoms. The number of hydrogen-bond donors (Lipinski definition) is 2. The quantitative estimate of drug-likeness (QED) is 0.200. The first-order valence-electron chi connectivity index (χ1n) is 9.99. The molecular formula is C27H20N2O. The van der Waals surface area contributed by atoms with Gasteiger partial charge in [0.1, 0.15) is 5.75 Å². The number of hydrogen-bond acceptors (Lipinski definition) is 3. The van der Waals surface area contributed by atoms with Crippen LogP contribution in [0.1, 0.15) is 0 Å². The van der Waals surface area contributed by atoms with Crippen molar-refractivity contribution in [3.8, 4) is 16.9 Å². The maximum atomic E-state index is 6.56. The fourth-order valence-electron chi connectivity index (χ4n) is 4.87. The van der Waals surface area contributed by atoms with Gasteiger partial charge in [-0.2, -0.15) is 0 Å². The standard InChI is InChI=1S/C27H20N2O/c1-30-16-10-8-15(9-11-16)22-14-24(29)20-7-3-5-18-17-4-2-6-19-23(28)13-12-21(25(17)19)27(22)26(18)20/h2-14H,28-29H2,1H3. The zero-order valence-corrected chi connectivity index (χ0v) is 16.6. The summed E-state index contributed by atoms with van der Waals surface area (Å²) in [5.41, 5.74) is 16.7. The van der Waals surface area contributed by atoms with E-state index in [1.54, 1.807) is 7.11 Å². The molecule has 144 valence electrons. The number of anilines is 2. The molecule has 0 saturated heterocycles. The average molecular weight is 388 g/mol. The molecule has 6 rings (SSSR count). The molecule has 4 N–H and O–H groups in total. The van der Waals surface area contributed by atoms with E-state index >= 15 is 0 Å². The molecule has 0 aliphatic rings. The average Bonchev–Trinajstić information content (AvgIpc) is 2.79. The first-order valence-corrected chi connectivity index (χ1v) is 9.99. The second-order valence-electron chi connectivity index (χ2n) is 7.78. The van der Waals surface area contributed by atoms with Gasteiger partial charge in [-0.1, -0.05) is 54.6 Å². The lowest BCUT2D eigenvalue weighted by Crippen LogP contribution is -1.95. The molecule has 6 aromatic rings. The van der Waals surface area contributed by atoms with Gasteiger partial charge in [0.15, 0.2) is 0 Å². The Bertz CT molecular complexity index is 1580. The van der Waals surface area contributed by atoms with Gasteiger partial charge in [0.25, 0.3) is 0 Å². The van der Waals surface area contributed by atoms with Crippen molar-refractivity contribution in [1.29, 1.82) is 0 Å². The van der Waals surface area contributed by atoms with Gasteiger partial charge >= 0.3 is 0 Å². The topological polar surface area (TPSA) is 61.3 Å². The highest BCUT2D eigenvalue weighted by atomic mass is 16.5. The smallest absolute Gasteiger partial charge is 0.118 e. The maximum Gasteiger partial charge on any atom is 0.118 e. The predicted octanol–water partition coefficient (Wildman–Crippen LogP) is 6.58. The van der Waals surface area contributed by atoms with Crippen LogP contribution in [0.5, 0.6) is 5.75 Å². The molecule has 0 aliphatic heterocycles. The Labute approximate surface area is 173 Å². The van der Waals surface area contributed by atoms with Gasteiger partial charge in [-0.15, -0.1) is 0 Å². The summed E-state index contributed by atoms with van der Waals surface area (Å²) in [6, 6.07) is 27.2. The van der Waals surface area contributed by atoms with E-state index in [4.69, 9.17) is 16.2 Å². The van der Waals surface area contributed by atoms with Crippen molar-refractivity contribution in [1.82, 2.24) is 0 Å². The molecule has 0 heterocycles. The van der Waals surface area contributed by atoms with Crippen LogP contribution in [0.4, 0.5) is 11.4 Å². The number of nitrogens with two attached hydrogens (primary N) is 2. The summed E-state index contributed by atoms with van der Waals surface area (Å²) in [7, 11) is 1.68. The number of benzene rings is 6. The van der Waals surface area contributed by atoms with Crippen molar-refractivity contribution < 1.29 is 4.74 Å². The Kier molecular flexibility index (Phi) is 3.39. The molecule has 6 aromatic carbocycles. The van der Waals surface area contributed by atoms with Crippen LogP contribution in [-0.2, 0) is 0 Å². The largest absolute Gasteiger partial charge is 0.497 e. The maximum absolute atomic E-state index is 6.56. The highest BCUT2D eigenvalue weighted by Crippen LogP contribution is 2.46. The number of methoxy groups -OCH3 is 1. The van der Waals surface area contributed by atoms with Gasteiger partial charge in [0.2, 0.25) is 0 Å².